The monoisotopic (exact) mass is 280 g/mol. The van der Waals surface area contributed by atoms with Crippen LogP contribution in [0.4, 0.5) is 0 Å². The van der Waals surface area contributed by atoms with Gasteiger partial charge >= 0.3 is 0 Å². The van der Waals surface area contributed by atoms with Gasteiger partial charge in [0.2, 0.25) is 10.0 Å². The van der Waals surface area contributed by atoms with Crippen LogP contribution in [0.3, 0.4) is 0 Å². The van der Waals surface area contributed by atoms with E-state index in [1.165, 1.54) is 17.7 Å². The van der Waals surface area contributed by atoms with E-state index in [2.05, 4.69) is 15.2 Å². The lowest BCUT2D eigenvalue weighted by atomic mass is 10.1. The molecule has 19 heavy (non-hydrogen) atoms. The molecule has 1 aromatic carbocycles. The van der Waals surface area contributed by atoms with Crippen LogP contribution in [0.1, 0.15) is 17.0 Å². The molecular weight excluding hydrogens is 264 g/mol. The van der Waals surface area contributed by atoms with Crippen LogP contribution in [0, 0.1) is 6.92 Å². The van der Waals surface area contributed by atoms with Gasteiger partial charge in [0.1, 0.15) is 12.2 Å². The lowest BCUT2D eigenvalue weighted by molar-refractivity contribution is 0.456. The Labute approximate surface area is 112 Å². The van der Waals surface area contributed by atoms with Gasteiger partial charge in [-0.2, -0.15) is 9.40 Å². The molecule has 0 bridgehead atoms. The zero-order valence-electron chi connectivity index (χ0n) is 10.9. The molecule has 0 amide bonds. The van der Waals surface area contributed by atoms with Crippen LogP contribution >= 0.6 is 0 Å². The largest absolute Gasteiger partial charge is 0.262 e. The van der Waals surface area contributed by atoms with Crippen molar-refractivity contribution in [2.24, 2.45) is 0 Å². The van der Waals surface area contributed by atoms with E-state index in [0.717, 1.165) is 11.1 Å². The number of hydrogen-bond donors (Lipinski definition) is 1. The fraction of sp³-hybridized carbons (Fsp3) is 0.333. The Hall–Kier alpha value is -1.73. The number of H-pyrrole nitrogens is 1. The van der Waals surface area contributed by atoms with Crippen molar-refractivity contribution in [3.8, 4) is 0 Å². The van der Waals surface area contributed by atoms with Crippen molar-refractivity contribution >= 4 is 10.0 Å². The summed E-state index contributed by atoms with van der Waals surface area (Å²) in [4.78, 5) is 3.92. The molecule has 0 saturated heterocycles. The normalized spacial score (nSPS) is 11.9. The van der Waals surface area contributed by atoms with Crippen molar-refractivity contribution in [2.45, 2.75) is 19.2 Å². The molecule has 0 spiro atoms. The first-order chi connectivity index (χ1) is 8.99. The second-order valence-corrected chi connectivity index (χ2v) is 6.45. The smallest absolute Gasteiger partial charge is 0.218 e. The molecule has 0 atom stereocenters. The van der Waals surface area contributed by atoms with Crippen LogP contribution in [-0.2, 0) is 22.3 Å². The van der Waals surface area contributed by atoms with E-state index < -0.39 is 10.0 Å². The number of nitrogens with one attached hydrogen (secondary N) is 1. The number of sulfonamides is 1. The summed E-state index contributed by atoms with van der Waals surface area (Å²) in [6.07, 6.45) is 1.36. The summed E-state index contributed by atoms with van der Waals surface area (Å²) < 4.78 is 25.8. The van der Waals surface area contributed by atoms with E-state index in [4.69, 9.17) is 0 Å². The first-order valence-corrected chi connectivity index (χ1v) is 7.43. The molecule has 0 radical (unpaired) electrons. The molecule has 1 aromatic heterocycles. The van der Waals surface area contributed by atoms with Crippen LogP contribution in [0.25, 0.3) is 0 Å². The highest BCUT2D eigenvalue weighted by molar-refractivity contribution is 7.88. The minimum atomic E-state index is -3.37. The summed E-state index contributed by atoms with van der Waals surface area (Å²) in [6.45, 7) is 2.09. The van der Waals surface area contributed by atoms with Crippen molar-refractivity contribution in [2.75, 3.05) is 7.05 Å². The molecule has 0 fully saturated rings. The van der Waals surface area contributed by atoms with Gasteiger partial charge in [-0.25, -0.2) is 13.4 Å². The SMILES string of the molecule is Cc1ccccc1CS(=O)(=O)N(C)Cc1ncn[nH]1. The molecule has 0 saturated carbocycles. The summed E-state index contributed by atoms with van der Waals surface area (Å²) in [5, 5.41) is 6.35. The molecule has 0 aliphatic carbocycles. The fourth-order valence-corrected chi connectivity index (χ4v) is 2.95. The number of benzene rings is 1. The van der Waals surface area contributed by atoms with E-state index in [1.54, 1.807) is 0 Å². The van der Waals surface area contributed by atoms with E-state index in [1.807, 2.05) is 31.2 Å². The lowest BCUT2D eigenvalue weighted by Crippen LogP contribution is -2.28. The fourth-order valence-electron chi connectivity index (χ4n) is 1.69. The average molecular weight is 280 g/mol. The maximum Gasteiger partial charge on any atom is 0.218 e. The summed E-state index contributed by atoms with van der Waals surface area (Å²) >= 11 is 0. The maximum atomic E-state index is 12.2. The molecule has 0 aliphatic rings. The van der Waals surface area contributed by atoms with Gasteiger partial charge in [-0.1, -0.05) is 24.3 Å². The Morgan fingerprint density at radius 1 is 1.32 bits per heavy atom. The maximum absolute atomic E-state index is 12.2. The van der Waals surface area contributed by atoms with E-state index in [9.17, 15) is 8.42 Å². The Morgan fingerprint density at radius 2 is 2.05 bits per heavy atom. The summed E-state index contributed by atoms with van der Waals surface area (Å²) in [7, 11) is -1.83. The van der Waals surface area contributed by atoms with Crippen LogP contribution < -0.4 is 0 Å². The second kappa shape index (κ2) is 5.50. The highest BCUT2D eigenvalue weighted by Gasteiger charge is 2.20. The van der Waals surface area contributed by atoms with Crippen LogP contribution in [0.5, 0.6) is 0 Å². The molecule has 0 aliphatic heterocycles. The number of hydrogen-bond acceptors (Lipinski definition) is 4. The van der Waals surface area contributed by atoms with Crippen LogP contribution in [-0.4, -0.2) is 35.0 Å². The minimum absolute atomic E-state index is 0.00961. The van der Waals surface area contributed by atoms with Gasteiger partial charge in [0, 0.05) is 7.05 Å². The van der Waals surface area contributed by atoms with Crippen LogP contribution in [0.15, 0.2) is 30.6 Å². The molecule has 0 unspecified atom stereocenters. The number of aryl methyl sites for hydroxylation is 1. The van der Waals surface area contributed by atoms with Gasteiger partial charge in [0.25, 0.3) is 0 Å². The number of rotatable bonds is 5. The molecule has 102 valence electrons. The highest BCUT2D eigenvalue weighted by atomic mass is 32.2. The first-order valence-electron chi connectivity index (χ1n) is 5.82. The third-order valence-corrected chi connectivity index (χ3v) is 4.67. The molecule has 1 N–H and O–H groups in total. The Kier molecular flexibility index (Phi) is 3.96. The zero-order chi connectivity index (χ0) is 13.9. The molecule has 6 nitrogen and oxygen atoms in total. The number of aromatic amines is 1. The van der Waals surface area contributed by atoms with Crippen LogP contribution in [0.2, 0.25) is 0 Å². The predicted octanol–water partition coefficient (Wildman–Crippen LogP) is 1.07. The first kappa shape index (κ1) is 13.7. The van der Waals surface area contributed by atoms with E-state index >= 15 is 0 Å². The number of nitrogens with zero attached hydrogens (tertiary/aromatic N) is 3. The average Bonchev–Trinajstić information content (AvgIpc) is 2.84. The standard InChI is InChI=1S/C12H16N4O2S/c1-10-5-3-4-6-11(10)8-19(17,18)16(2)7-12-13-9-14-15-12/h3-6,9H,7-8H2,1-2H3,(H,13,14,15). The molecule has 2 rings (SSSR count). The molecular formula is C12H16N4O2S. The van der Waals surface area contributed by atoms with Crippen molar-refractivity contribution in [1.29, 1.82) is 0 Å². The van der Waals surface area contributed by atoms with Gasteiger partial charge in [-0.05, 0) is 18.1 Å². The van der Waals surface area contributed by atoms with Gasteiger partial charge in [0.15, 0.2) is 0 Å². The van der Waals surface area contributed by atoms with Crippen molar-refractivity contribution in [3.05, 3.63) is 47.5 Å². The lowest BCUT2D eigenvalue weighted by Gasteiger charge is -2.16. The minimum Gasteiger partial charge on any atom is -0.262 e. The predicted molar refractivity (Wildman–Crippen MR) is 71.7 cm³/mol. The van der Waals surface area contributed by atoms with Gasteiger partial charge in [0.05, 0.1) is 12.3 Å². The third kappa shape index (κ3) is 3.39. The van der Waals surface area contributed by atoms with E-state index in [-0.39, 0.29) is 12.3 Å². The second-order valence-electron chi connectivity index (χ2n) is 4.37. The summed E-state index contributed by atoms with van der Waals surface area (Å²) in [6, 6.07) is 7.47. The van der Waals surface area contributed by atoms with Crippen molar-refractivity contribution in [3.63, 3.8) is 0 Å². The number of aromatic nitrogens is 3. The Bertz CT molecular complexity index is 638. The topological polar surface area (TPSA) is 79.0 Å². The summed E-state index contributed by atoms with van der Waals surface area (Å²) in [5.74, 6) is 0.514. The molecule has 7 heteroatoms. The third-order valence-electron chi connectivity index (χ3n) is 2.91. The quantitative estimate of drug-likeness (QED) is 0.888. The molecule has 1 heterocycles. The van der Waals surface area contributed by atoms with Gasteiger partial charge in [-0.15, -0.1) is 0 Å². The van der Waals surface area contributed by atoms with Gasteiger partial charge in [-0.3, -0.25) is 5.10 Å². The Balaban J connectivity index is 2.12. The van der Waals surface area contributed by atoms with Gasteiger partial charge < -0.3 is 0 Å². The molecule has 2 aromatic rings. The summed E-state index contributed by atoms with van der Waals surface area (Å²) in [5.41, 5.74) is 1.78. The van der Waals surface area contributed by atoms with E-state index in [0.29, 0.717) is 5.82 Å². The van der Waals surface area contributed by atoms with Crippen molar-refractivity contribution in [1.82, 2.24) is 19.5 Å². The van der Waals surface area contributed by atoms with Crippen molar-refractivity contribution < 1.29 is 8.42 Å². The zero-order valence-corrected chi connectivity index (χ0v) is 11.7. The Morgan fingerprint density at radius 3 is 2.68 bits per heavy atom. The highest BCUT2D eigenvalue weighted by Crippen LogP contribution is 2.14.